The Kier molecular flexibility index (Phi) is 5.78. The first kappa shape index (κ1) is 19.2. The van der Waals surface area contributed by atoms with Crippen molar-refractivity contribution in [2.45, 2.75) is 51.6 Å². The monoisotopic (exact) mass is 398 g/mol. The van der Waals surface area contributed by atoms with E-state index in [1.807, 2.05) is 31.2 Å². The van der Waals surface area contributed by atoms with Crippen LogP contribution < -0.4 is 10.6 Å². The Balaban J connectivity index is 1.57. The predicted molar refractivity (Wildman–Crippen MR) is 111 cm³/mol. The highest BCUT2D eigenvalue weighted by molar-refractivity contribution is 7.17. The Morgan fingerprint density at radius 1 is 1.14 bits per heavy atom. The molecule has 1 aromatic heterocycles. The molecule has 4 rings (SSSR count). The first-order chi connectivity index (χ1) is 13.6. The fourth-order valence-electron chi connectivity index (χ4n) is 3.99. The summed E-state index contributed by atoms with van der Waals surface area (Å²) in [6.45, 7) is 3.21. The molecule has 1 aliphatic carbocycles. The van der Waals surface area contributed by atoms with Crippen molar-refractivity contribution in [2.24, 2.45) is 0 Å². The van der Waals surface area contributed by atoms with Crippen LogP contribution in [0.3, 0.4) is 0 Å². The summed E-state index contributed by atoms with van der Waals surface area (Å²) in [6, 6.07) is 7.51. The number of nitrogens with one attached hydrogen (secondary N) is 2. The number of ether oxygens (including phenoxy) is 1. The Morgan fingerprint density at radius 2 is 1.96 bits per heavy atom. The number of amides is 2. The van der Waals surface area contributed by atoms with Gasteiger partial charge in [0.25, 0.3) is 11.8 Å². The number of rotatable bonds is 5. The Labute approximate surface area is 169 Å². The number of aryl methyl sites for hydroxylation is 2. The summed E-state index contributed by atoms with van der Waals surface area (Å²) in [5, 5.41) is 6.73. The summed E-state index contributed by atoms with van der Waals surface area (Å²) in [4.78, 5) is 27.1. The van der Waals surface area contributed by atoms with Gasteiger partial charge in [0.2, 0.25) is 0 Å². The molecule has 1 aromatic carbocycles. The average molecular weight is 399 g/mol. The summed E-state index contributed by atoms with van der Waals surface area (Å²) in [5.74, 6) is -0.264. The van der Waals surface area contributed by atoms with E-state index < -0.39 is 0 Å². The third-order valence-electron chi connectivity index (χ3n) is 5.53. The molecule has 1 atom stereocenters. The molecule has 0 radical (unpaired) electrons. The lowest BCUT2D eigenvalue weighted by Crippen LogP contribution is -2.32. The molecule has 2 aliphatic rings. The van der Waals surface area contributed by atoms with E-state index in [9.17, 15) is 9.59 Å². The molecular formula is C22H26N2O3S. The van der Waals surface area contributed by atoms with E-state index >= 15 is 0 Å². The highest BCUT2D eigenvalue weighted by Gasteiger charge is 2.27. The molecule has 1 aliphatic heterocycles. The summed E-state index contributed by atoms with van der Waals surface area (Å²) in [6.07, 6.45) is 6.23. The molecule has 0 bridgehead atoms. The van der Waals surface area contributed by atoms with E-state index in [1.54, 1.807) is 11.3 Å². The van der Waals surface area contributed by atoms with Gasteiger partial charge in [-0.1, -0.05) is 18.2 Å². The van der Waals surface area contributed by atoms with Gasteiger partial charge in [-0.25, -0.2) is 0 Å². The lowest BCUT2D eigenvalue weighted by molar-refractivity contribution is 0.0858. The van der Waals surface area contributed by atoms with Crippen molar-refractivity contribution < 1.29 is 14.3 Å². The van der Waals surface area contributed by atoms with E-state index in [0.29, 0.717) is 22.7 Å². The molecule has 0 unspecified atom stereocenters. The van der Waals surface area contributed by atoms with E-state index in [4.69, 9.17) is 4.74 Å². The molecule has 2 aromatic rings. The minimum absolute atomic E-state index is 0.100. The maximum atomic E-state index is 13.0. The Bertz CT molecular complexity index is 884. The number of fused-ring (bicyclic) bond motifs is 1. The van der Waals surface area contributed by atoms with Crippen LogP contribution in [0, 0.1) is 6.92 Å². The van der Waals surface area contributed by atoms with Crippen molar-refractivity contribution >= 4 is 28.2 Å². The molecule has 2 N–H and O–H groups in total. The van der Waals surface area contributed by atoms with E-state index in [0.717, 1.165) is 56.3 Å². The summed E-state index contributed by atoms with van der Waals surface area (Å²) in [7, 11) is 0. The second-order valence-electron chi connectivity index (χ2n) is 7.53. The fourth-order valence-corrected chi connectivity index (χ4v) is 5.27. The molecule has 0 spiro atoms. The smallest absolute Gasteiger partial charge is 0.256 e. The molecule has 0 saturated carbocycles. The van der Waals surface area contributed by atoms with Gasteiger partial charge in [0.05, 0.1) is 11.7 Å². The number of anilines is 1. The fraction of sp³-hybridized carbons (Fsp3) is 0.455. The number of hydrogen-bond acceptors (Lipinski definition) is 4. The van der Waals surface area contributed by atoms with Gasteiger partial charge in [0, 0.05) is 23.6 Å². The van der Waals surface area contributed by atoms with E-state index in [1.165, 1.54) is 4.88 Å². The Morgan fingerprint density at radius 3 is 2.75 bits per heavy atom. The van der Waals surface area contributed by atoms with E-state index in [2.05, 4.69) is 10.6 Å². The summed E-state index contributed by atoms with van der Waals surface area (Å²) in [5.41, 5.74) is 3.33. The summed E-state index contributed by atoms with van der Waals surface area (Å²) < 4.78 is 5.62. The van der Waals surface area contributed by atoms with Crippen LogP contribution in [0.25, 0.3) is 0 Å². The molecule has 5 nitrogen and oxygen atoms in total. The number of hydrogen-bond donors (Lipinski definition) is 2. The van der Waals surface area contributed by atoms with Crippen LogP contribution in [-0.2, 0) is 17.6 Å². The number of carbonyl (C=O) groups excluding carboxylic acids is 2. The van der Waals surface area contributed by atoms with Crippen LogP contribution in [0.15, 0.2) is 24.3 Å². The maximum Gasteiger partial charge on any atom is 0.256 e. The quantitative estimate of drug-likeness (QED) is 0.797. The van der Waals surface area contributed by atoms with Crippen molar-refractivity contribution in [3.8, 4) is 0 Å². The number of benzene rings is 1. The lowest BCUT2D eigenvalue weighted by atomic mass is 9.95. The lowest BCUT2D eigenvalue weighted by Gasteiger charge is -2.15. The summed E-state index contributed by atoms with van der Waals surface area (Å²) >= 11 is 1.55. The van der Waals surface area contributed by atoms with Crippen LogP contribution >= 0.6 is 11.3 Å². The molecular weight excluding hydrogens is 372 g/mol. The van der Waals surface area contributed by atoms with Crippen LogP contribution in [0.5, 0.6) is 0 Å². The SMILES string of the molecule is Cc1ccccc1C(=O)Nc1sc2c(c1C(=O)NC[C@H]1CCCO1)CCCC2. The van der Waals surface area contributed by atoms with Gasteiger partial charge in [-0.3, -0.25) is 9.59 Å². The predicted octanol–water partition coefficient (Wildman–Crippen LogP) is 4.10. The van der Waals surface area contributed by atoms with Crippen LogP contribution in [-0.4, -0.2) is 31.1 Å². The average Bonchev–Trinajstić information content (AvgIpc) is 3.33. The molecule has 6 heteroatoms. The standard InChI is InChI=1S/C22H26N2O3S/c1-14-7-2-3-9-16(14)20(25)24-22-19(17-10-4-5-11-18(17)28-22)21(26)23-13-15-8-6-12-27-15/h2-3,7,9,15H,4-6,8,10-13H2,1H3,(H,23,26)(H,24,25)/t15-/m1/s1. The third-order valence-corrected chi connectivity index (χ3v) is 6.74. The largest absolute Gasteiger partial charge is 0.376 e. The molecule has 1 saturated heterocycles. The van der Waals surface area contributed by atoms with Crippen molar-refractivity contribution in [3.63, 3.8) is 0 Å². The first-order valence-electron chi connectivity index (χ1n) is 10.0. The van der Waals surface area contributed by atoms with Gasteiger partial charge < -0.3 is 15.4 Å². The normalized spacial score (nSPS) is 18.5. The van der Waals surface area contributed by atoms with Gasteiger partial charge in [0.1, 0.15) is 5.00 Å². The minimum atomic E-state index is -0.162. The zero-order chi connectivity index (χ0) is 19.5. The molecule has 2 heterocycles. The highest BCUT2D eigenvalue weighted by atomic mass is 32.1. The number of carbonyl (C=O) groups is 2. The molecule has 28 heavy (non-hydrogen) atoms. The molecule has 2 amide bonds. The van der Waals surface area contributed by atoms with Crippen molar-refractivity contribution in [1.29, 1.82) is 0 Å². The topological polar surface area (TPSA) is 67.4 Å². The first-order valence-corrected chi connectivity index (χ1v) is 10.9. The van der Waals surface area contributed by atoms with Crippen molar-refractivity contribution in [3.05, 3.63) is 51.4 Å². The van der Waals surface area contributed by atoms with Crippen molar-refractivity contribution in [2.75, 3.05) is 18.5 Å². The second-order valence-corrected chi connectivity index (χ2v) is 8.63. The van der Waals surface area contributed by atoms with Crippen LogP contribution in [0.4, 0.5) is 5.00 Å². The van der Waals surface area contributed by atoms with Crippen LogP contribution in [0.1, 0.15) is 62.4 Å². The number of thiophene rings is 1. The second kappa shape index (κ2) is 8.45. The zero-order valence-corrected chi connectivity index (χ0v) is 17.0. The van der Waals surface area contributed by atoms with Crippen molar-refractivity contribution in [1.82, 2.24) is 5.32 Å². The zero-order valence-electron chi connectivity index (χ0n) is 16.2. The van der Waals surface area contributed by atoms with E-state index in [-0.39, 0.29) is 17.9 Å². The van der Waals surface area contributed by atoms with Gasteiger partial charge >= 0.3 is 0 Å². The Hall–Kier alpha value is -2.18. The minimum Gasteiger partial charge on any atom is -0.376 e. The van der Waals surface area contributed by atoms with Gasteiger partial charge in [-0.15, -0.1) is 11.3 Å². The maximum absolute atomic E-state index is 13.0. The molecule has 148 valence electrons. The van der Waals surface area contributed by atoms with Gasteiger partial charge in [-0.2, -0.15) is 0 Å². The van der Waals surface area contributed by atoms with Crippen LogP contribution in [0.2, 0.25) is 0 Å². The molecule has 1 fully saturated rings. The third kappa shape index (κ3) is 3.98. The van der Waals surface area contributed by atoms with Gasteiger partial charge in [0.15, 0.2) is 0 Å². The van der Waals surface area contributed by atoms with Gasteiger partial charge in [-0.05, 0) is 62.6 Å². The highest BCUT2D eigenvalue weighted by Crippen LogP contribution is 2.38.